The molecule has 0 aliphatic heterocycles. The SMILES string of the molecule is COc1cc(C(=O)N/N=C\c2c(C)nn(-c3ccc(F)cc3)c2C)ccc1OC(C)C. The van der Waals surface area contributed by atoms with E-state index in [9.17, 15) is 9.18 Å². The molecule has 7 nitrogen and oxygen atoms in total. The third-order valence-corrected chi connectivity index (χ3v) is 4.57. The molecule has 162 valence electrons. The average molecular weight is 424 g/mol. The molecule has 1 N–H and O–H groups in total. The van der Waals surface area contributed by atoms with Crippen molar-refractivity contribution in [2.75, 3.05) is 7.11 Å². The smallest absolute Gasteiger partial charge is 0.271 e. The molecule has 0 saturated heterocycles. The van der Waals surface area contributed by atoms with Crippen molar-refractivity contribution < 1.29 is 18.7 Å². The van der Waals surface area contributed by atoms with E-state index in [-0.39, 0.29) is 17.8 Å². The van der Waals surface area contributed by atoms with Gasteiger partial charge in [0.25, 0.3) is 5.91 Å². The van der Waals surface area contributed by atoms with Crippen LogP contribution in [-0.2, 0) is 0 Å². The van der Waals surface area contributed by atoms with Gasteiger partial charge in [-0.25, -0.2) is 14.5 Å². The summed E-state index contributed by atoms with van der Waals surface area (Å²) in [5, 5.41) is 8.56. The van der Waals surface area contributed by atoms with E-state index in [4.69, 9.17) is 9.47 Å². The number of amides is 1. The molecule has 0 bridgehead atoms. The van der Waals surface area contributed by atoms with E-state index < -0.39 is 0 Å². The van der Waals surface area contributed by atoms with Crippen LogP contribution >= 0.6 is 0 Å². The number of nitrogens with zero attached hydrogens (tertiary/aromatic N) is 3. The number of carbonyl (C=O) groups excluding carboxylic acids is 1. The number of carbonyl (C=O) groups is 1. The van der Waals surface area contributed by atoms with Gasteiger partial charge in [-0.1, -0.05) is 0 Å². The van der Waals surface area contributed by atoms with E-state index in [0.717, 1.165) is 22.6 Å². The highest BCUT2D eigenvalue weighted by atomic mass is 19.1. The Balaban J connectivity index is 1.75. The summed E-state index contributed by atoms with van der Waals surface area (Å²) in [5.41, 5.74) is 5.96. The van der Waals surface area contributed by atoms with E-state index in [1.165, 1.54) is 19.2 Å². The zero-order valence-electron chi connectivity index (χ0n) is 18.1. The van der Waals surface area contributed by atoms with Crippen LogP contribution in [0.3, 0.4) is 0 Å². The highest BCUT2D eigenvalue weighted by molar-refractivity contribution is 5.95. The van der Waals surface area contributed by atoms with Gasteiger partial charge in [0.15, 0.2) is 11.5 Å². The molecule has 0 unspecified atom stereocenters. The van der Waals surface area contributed by atoms with E-state index in [1.807, 2.05) is 27.7 Å². The first kappa shape index (κ1) is 22.0. The Morgan fingerprint density at radius 1 is 1.16 bits per heavy atom. The number of hydrazone groups is 1. The van der Waals surface area contributed by atoms with Crippen LogP contribution in [0, 0.1) is 19.7 Å². The van der Waals surface area contributed by atoms with Gasteiger partial charge in [0.05, 0.1) is 36.5 Å². The zero-order valence-corrected chi connectivity index (χ0v) is 18.1. The number of halogens is 1. The first-order valence-electron chi connectivity index (χ1n) is 9.80. The van der Waals surface area contributed by atoms with Gasteiger partial charge in [0.2, 0.25) is 0 Å². The third kappa shape index (κ3) is 5.09. The van der Waals surface area contributed by atoms with Gasteiger partial charge >= 0.3 is 0 Å². The number of aryl methyl sites for hydroxylation is 1. The predicted molar refractivity (Wildman–Crippen MR) is 117 cm³/mol. The van der Waals surface area contributed by atoms with Gasteiger partial charge in [0, 0.05) is 11.1 Å². The fourth-order valence-electron chi connectivity index (χ4n) is 3.06. The molecule has 0 saturated carbocycles. The average Bonchev–Trinajstić information content (AvgIpc) is 3.02. The number of hydrogen-bond donors (Lipinski definition) is 1. The van der Waals surface area contributed by atoms with Crippen LogP contribution in [0.25, 0.3) is 5.69 Å². The minimum absolute atomic E-state index is 0.0134. The molecular formula is C23H25FN4O3. The number of rotatable bonds is 7. The number of ether oxygens (including phenoxy) is 2. The number of aromatic nitrogens is 2. The van der Waals surface area contributed by atoms with Crippen molar-refractivity contribution in [3.8, 4) is 17.2 Å². The monoisotopic (exact) mass is 424 g/mol. The van der Waals surface area contributed by atoms with Crippen LogP contribution in [0.4, 0.5) is 4.39 Å². The van der Waals surface area contributed by atoms with Gasteiger partial charge in [0.1, 0.15) is 5.82 Å². The molecule has 0 fully saturated rings. The highest BCUT2D eigenvalue weighted by Crippen LogP contribution is 2.29. The normalized spacial score (nSPS) is 11.2. The predicted octanol–water partition coefficient (Wildman–Crippen LogP) is 4.19. The molecule has 3 aromatic rings. The lowest BCUT2D eigenvalue weighted by atomic mass is 10.2. The van der Waals surface area contributed by atoms with E-state index in [0.29, 0.717) is 17.1 Å². The lowest BCUT2D eigenvalue weighted by Gasteiger charge is -2.14. The summed E-state index contributed by atoms with van der Waals surface area (Å²) in [6.45, 7) is 7.55. The zero-order chi connectivity index (χ0) is 22.5. The Morgan fingerprint density at radius 3 is 2.52 bits per heavy atom. The quantitative estimate of drug-likeness (QED) is 0.456. The van der Waals surface area contributed by atoms with Crippen molar-refractivity contribution in [1.82, 2.24) is 15.2 Å². The summed E-state index contributed by atoms with van der Waals surface area (Å²) in [5.74, 6) is 0.344. The maximum Gasteiger partial charge on any atom is 0.271 e. The molecule has 0 spiro atoms. The summed E-state index contributed by atoms with van der Waals surface area (Å²) >= 11 is 0. The second-order valence-corrected chi connectivity index (χ2v) is 7.20. The van der Waals surface area contributed by atoms with Gasteiger partial charge in [-0.2, -0.15) is 10.2 Å². The van der Waals surface area contributed by atoms with Gasteiger partial charge in [-0.3, -0.25) is 4.79 Å². The minimum Gasteiger partial charge on any atom is -0.493 e. The molecular weight excluding hydrogens is 399 g/mol. The fourth-order valence-corrected chi connectivity index (χ4v) is 3.06. The van der Waals surface area contributed by atoms with Gasteiger partial charge in [-0.05, 0) is 70.2 Å². The Morgan fingerprint density at radius 2 is 1.87 bits per heavy atom. The first-order chi connectivity index (χ1) is 14.8. The second-order valence-electron chi connectivity index (χ2n) is 7.20. The van der Waals surface area contributed by atoms with Gasteiger partial charge in [-0.15, -0.1) is 0 Å². The Bertz CT molecular complexity index is 1100. The van der Waals surface area contributed by atoms with E-state index in [1.54, 1.807) is 41.2 Å². The molecule has 0 aliphatic carbocycles. The van der Waals surface area contributed by atoms with Crippen LogP contribution in [0.5, 0.6) is 11.5 Å². The van der Waals surface area contributed by atoms with E-state index >= 15 is 0 Å². The van der Waals surface area contributed by atoms with Crippen molar-refractivity contribution in [2.24, 2.45) is 5.10 Å². The number of nitrogens with one attached hydrogen (secondary N) is 1. The van der Waals surface area contributed by atoms with Crippen molar-refractivity contribution in [1.29, 1.82) is 0 Å². The minimum atomic E-state index is -0.383. The lowest BCUT2D eigenvalue weighted by Crippen LogP contribution is -2.18. The molecule has 1 amide bonds. The van der Waals surface area contributed by atoms with Crippen LogP contribution in [0.15, 0.2) is 47.6 Å². The van der Waals surface area contributed by atoms with Gasteiger partial charge < -0.3 is 9.47 Å². The summed E-state index contributed by atoms with van der Waals surface area (Å²) in [4.78, 5) is 12.5. The summed E-state index contributed by atoms with van der Waals surface area (Å²) in [6, 6.07) is 11.0. The molecule has 0 atom stereocenters. The van der Waals surface area contributed by atoms with Crippen molar-refractivity contribution in [2.45, 2.75) is 33.8 Å². The molecule has 0 aliphatic rings. The largest absolute Gasteiger partial charge is 0.493 e. The lowest BCUT2D eigenvalue weighted by molar-refractivity contribution is 0.0954. The maximum atomic E-state index is 13.2. The van der Waals surface area contributed by atoms with Crippen LogP contribution < -0.4 is 14.9 Å². The fraction of sp³-hybridized carbons (Fsp3) is 0.261. The standard InChI is InChI=1S/C23H25FN4O3/c1-14(2)31-21-11-6-17(12-22(21)30-5)23(29)26-25-13-20-15(3)27-28(16(20)4)19-9-7-18(24)8-10-19/h6-14H,1-5H3,(H,26,29)/b25-13-. The maximum absolute atomic E-state index is 13.2. The number of benzene rings is 2. The Kier molecular flexibility index (Phi) is 6.69. The summed E-state index contributed by atoms with van der Waals surface area (Å²) in [6.07, 6.45) is 1.53. The molecule has 1 heterocycles. The molecule has 31 heavy (non-hydrogen) atoms. The van der Waals surface area contributed by atoms with Crippen molar-refractivity contribution in [3.05, 3.63) is 70.8 Å². The Labute approximate surface area is 180 Å². The molecule has 3 rings (SSSR count). The summed E-state index contributed by atoms with van der Waals surface area (Å²) < 4.78 is 25.9. The molecule has 0 radical (unpaired) electrons. The second kappa shape index (κ2) is 9.42. The van der Waals surface area contributed by atoms with Crippen LogP contribution in [-0.4, -0.2) is 35.1 Å². The molecule has 1 aromatic heterocycles. The molecule has 2 aromatic carbocycles. The van der Waals surface area contributed by atoms with Crippen LogP contribution in [0.2, 0.25) is 0 Å². The Hall–Kier alpha value is -3.68. The van der Waals surface area contributed by atoms with Crippen LogP contribution in [0.1, 0.15) is 41.2 Å². The highest BCUT2D eigenvalue weighted by Gasteiger charge is 2.13. The number of methoxy groups -OCH3 is 1. The summed E-state index contributed by atoms with van der Waals surface area (Å²) in [7, 11) is 1.52. The first-order valence-corrected chi connectivity index (χ1v) is 9.80. The van der Waals surface area contributed by atoms with Crippen molar-refractivity contribution >= 4 is 12.1 Å². The number of hydrogen-bond acceptors (Lipinski definition) is 5. The van der Waals surface area contributed by atoms with Crippen molar-refractivity contribution in [3.63, 3.8) is 0 Å². The topological polar surface area (TPSA) is 77.7 Å². The molecule has 8 heteroatoms. The third-order valence-electron chi connectivity index (χ3n) is 4.57. The van der Waals surface area contributed by atoms with E-state index in [2.05, 4.69) is 15.6 Å².